The monoisotopic (exact) mass is 481 g/mol. The molecule has 0 radical (unpaired) electrons. The summed E-state index contributed by atoms with van der Waals surface area (Å²) in [5, 5.41) is 3.31. The highest BCUT2D eigenvalue weighted by Gasteiger charge is 2.36. The van der Waals surface area contributed by atoms with Crippen LogP contribution >= 0.6 is 0 Å². The first-order valence-electron chi connectivity index (χ1n) is 12.4. The molecular weight excluding hydrogens is 448 g/mol. The molecule has 3 N–H and O–H groups in total. The molecular formula is C26H33F2N7. The Balaban J connectivity index is 1.43. The van der Waals surface area contributed by atoms with Crippen molar-refractivity contribution in [2.24, 2.45) is 5.92 Å². The van der Waals surface area contributed by atoms with Gasteiger partial charge in [-0.15, -0.1) is 0 Å². The molecule has 2 atom stereocenters. The Bertz CT molecular complexity index is 1200. The number of hydrogen-bond donors (Lipinski definition) is 2. The van der Waals surface area contributed by atoms with Crippen LogP contribution in [-0.2, 0) is 6.54 Å². The van der Waals surface area contributed by atoms with Gasteiger partial charge in [-0.3, -0.25) is 0 Å². The topological polar surface area (TPSA) is 84.9 Å². The summed E-state index contributed by atoms with van der Waals surface area (Å²) in [5.74, 6) is 2.02. The standard InChI is InChI=1S/C26H33F2N7/c1-15(2)23-24(29)31-14-32-26(23)34-7-6-19(21(28)12-34)25-33-22(13-35(25)11-17-9-30-10-17)18-4-5-20(27)16(3)8-18/h4-5,8,13-15,17,19,21,30H,6-7,9-12H2,1-3H3,(H2,29,31,32)/t19-,21+/m0/s1. The Labute approximate surface area is 204 Å². The third-order valence-corrected chi connectivity index (χ3v) is 7.23. The zero-order valence-electron chi connectivity index (χ0n) is 20.5. The Morgan fingerprint density at radius 1 is 1.23 bits per heavy atom. The molecule has 0 bridgehead atoms. The maximum absolute atomic E-state index is 15.8. The minimum atomic E-state index is -1.11. The Morgan fingerprint density at radius 2 is 2.03 bits per heavy atom. The van der Waals surface area contributed by atoms with E-state index in [0.29, 0.717) is 30.3 Å². The second-order valence-electron chi connectivity index (χ2n) is 10.1. The lowest BCUT2D eigenvalue weighted by molar-refractivity contribution is 0.232. The molecule has 0 saturated carbocycles. The lowest BCUT2D eigenvalue weighted by Crippen LogP contribution is -2.45. The van der Waals surface area contributed by atoms with E-state index in [2.05, 4.69) is 19.9 Å². The van der Waals surface area contributed by atoms with Crippen molar-refractivity contribution >= 4 is 11.6 Å². The van der Waals surface area contributed by atoms with Crippen molar-refractivity contribution in [1.82, 2.24) is 24.8 Å². The number of nitrogen functional groups attached to an aromatic ring is 1. The highest BCUT2D eigenvalue weighted by atomic mass is 19.1. The molecule has 0 unspecified atom stereocenters. The van der Waals surface area contributed by atoms with Gasteiger partial charge in [0.15, 0.2) is 0 Å². The van der Waals surface area contributed by atoms with Crippen LogP contribution in [0.1, 0.15) is 49.1 Å². The van der Waals surface area contributed by atoms with Gasteiger partial charge in [0.1, 0.15) is 35.8 Å². The normalized spacial score (nSPS) is 20.9. The van der Waals surface area contributed by atoms with E-state index < -0.39 is 6.17 Å². The van der Waals surface area contributed by atoms with Crippen molar-refractivity contribution in [3.63, 3.8) is 0 Å². The molecule has 2 fully saturated rings. The van der Waals surface area contributed by atoms with Gasteiger partial charge in [-0.1, -0.05) is 13.8 Å². The predicted octanol–water partition coefficient (Wildman–Crippen LogP) is 4.04. The van der Waals surface area contributed by atoms with Gasteiger partial charge < -0.3 is 20.5 Å². The number of hydrogen-bond acceptors (Lipinski definition) is 6. The number of alkyl halides is 1. The van der Waals surface area contributed by atoms with Gasteiger partial charge in [-0.05, 0) is 43.0 Å². The summed E-state index contributed by atoms with van der Waals surface area (Å²) in [5.41, 5.74) is 9.18. The van der Waals surface area contributed by atoms with E-state index >= 15 is 4.39 Å². The number of benzene rings is 1. The lowest BCUT2D eigenvalue weighted by atomic mass is 9.92. The quantitative estimate of drug-likeness (QED) is 0.553. The van der Waals surface area contributed by atoms with Crippen LogP contribution in [0.25, 0.3) is 11.3 Å². The molecule has 5 rings (SSSR count). The fourth-order valence-electron chi connectivity index (χ4n) is 5.16. The number of halogens is 2. The van der Waals surface area contributed by atoms with Gasteiger partial charge in [-0.25, -0.2) is 23.7 Å². The molecule has 2 aromatic heterocycles. The van der Waals surface area contributed by atoms with Crippen LogP contribution in [0, 0.1) is 18.7 Å². The van der Waals surface area contributed by atoms with Crippen molar-refractivity contribution in [3.05, 3.63) is 53.5 Å². The largest absolute Gasteiger partial charge is 0.383 e. The fraction of sp³-hybridized carbons (Fsp3) is 0.500. The molecule has 3 aromatic rings. The maximum atomic E-state index is 15.8. The van der Waals surface area contributed by atoms with E-state index in [4.69, 9.17) is 10.7 Å². The van der Waals surface area contributed by atoms with Gasteiger partial charge in [0.25, 0.3) is 0 Å². The summed E-state index contributed by atoms with van der Waals surface area (Å²) < 4.78 is 31.8. The number of nitrogens with one attached hydrogen (secondary N) is 1. The SMILES string of the molecule is Cc1cc(-c2cn(CC3CNC3)c([C@H]3CCN(c4ncnc(N)c4C(C)C)C[C@H]3F)n2)ccc1F. The Morgan fingerprint density at radius 3 is 2.69 bits per heavy atom. The van der Waals surface area contributed by atoms with Crippen LogP contribution < -0.4 is 16.0 Å². The molecule has 1 aromatic carbocycles. The van der Waals surface area contributed by atoms with Crippen molar-refractivity contribution in [2.45, 2.75) is 51.7 Å². The van der Waals surface area contributed by atoms with Gasteiger partial charge >= 0.3 is 0 Å². The first-order valence-corrected chi connectivity index (χ1v) is 12.4. The minimum absolute atomic E-state index is 0.138. The molecule has 2 aliphatic heterocycles. The first-order chi connectivity index (χ1) is 16.8. The molecule has 0 aliphatic carbocycles. The van der Waals surface area contributed by atoms with Gasteiger partial charge in [0, 0.05) is 49.4 Å². The number of imidazole rings is 1. The number of piperidine rings is 1. The fourth-order valence-corrected chi connectivity index (χ4v) is 5.16. The summed E-state index contributed by atoms with van der Waals surface area (Å²) in [6.07, 6.45) is 2.96. The molecule has 2 saturated heterocycles. The minimum Gasteiger partial charge on any atom is -0.383 e. The van der Waals surface area contributed by atoms with E-state index in [0.717, 1.165) is 48.1 Å². The highest BCUT2D eigenvalue weighted by Crippen LogP contribution is 2.37. The van der Waals surface area contributed by atoms with Gasteiger partial charge in [0.05, 0.1) is 18.2 Å². The molecule has 0 amide bonds. The Hall–Kier alpha value is -3.07. The molecule has 4 heterocycles. The smallest absolute Gasteiger partial charge is 0.137 e. The number of rotatable bonds is 6. The van der Waals surface area contributed by atoms with Crippen LogP contribution in [0.4, 0.5) is 20.4 Å². The highest BCUT2D eigenvalue weighted by molar-refractivity contribution is 5.60. The van der Waals surface area contributed by atoms with Crippen LogP contribution in [-0.4, -0.2) is 51.9 Å². The van der Waals surface area contributed by atoms with E-state index in [1.165, 1.54) is 12.4 Å². The zero-order valence-corrected chi connectivity index (χ0v) is 20.5. The van der Waals surface area contributed by atoms with Crippen LogP contribution in [0.2, 0.25) is 0 Å². The third kappa shape index (κ3) is 4.61. The summed E-state index contributed by atoms with van der Waals surface area (Å²) >= 11 is 0. The zero-order chi connectivity index (χ0) is 24.7. The van der Waals surface area contributed by atoms with Crippen molar-refractivity contribution in [2.75, 3.05) is 36.8 Å². The van der Waals surface area contributed by atoms with E-state index in [-0.39, 0.29) is 24.2 Å². The van der Waals surface area contributed by atoms with E-state index in [1.807, 2.05) is 24.9 Å². The van der Waals surface area contributed by atoms with Gasteiger partial charge in [0.2, 0.25) is 0 Å². The average Bonchev–Trinajstić information content (AvgIpc) is 3.21. The maximum Gasteiger partial charge on any atom is 0.137 e. The van der Waals surface area contributed by atoms with Crippen molar-refractivity contribution < 1.29 is 8.78 Å². The third-order valence-electron chi connectivity index (χ3n) is 7.23. The van der Waals surface area contributed by atoms with Crippen molar-refractivity contribution in [3.8, 4) is 11.3 Å². The molecule has 9 heteroatoms. The number of nitrogens with zero attached hydrogens (tertiary/aromatic N) is 5. The molecule has 2 aliphatic rings. The van der Waals surface area contributed by atoms with Gasteiger partial charge in [-0.2, -0.15) is 0 Å². The van der Waals surface area contributed by atoms with Crippen LogP contribution in [0.15, 0.2) is 30.7 Å². The number of nitrogens with two attached hydrogens (primary N) is 1. The summed E-state index contributed by atoms with van der Waals surface area (Å²) in [4.78, 5) is 15.5. The Kier molecular flexibility index (Phi) is 6.44. The van der Waals surface area contributed by atoms with Crippen molar-refractivity contribution in [1.29, 1.82) is 0 Å². The van der Waals surface area contributed by atoms with Crippen LogP contribution in [0.3, 0.4) is 0 Å². The predicted molar refractivity (Wildman–Crippen MR) is 134 cm³/mol. The number of anilines is 2. The lowest BCUT2D eigenvalue weighted by Gasteiger charge is -2.37. The molecule has 7 nitrogen and oxygen atoms in total. The second-order valence-corrected chi connectivity index (χ2v) is 10.1. The van der Waals surface area contributed by atoms with Crippen LogP contribution in [0.5, 0.6) is 0 Å². The van der Waals surface area contributed by atoms with E-state index in [9.17, 15) is 4.39 Å². The second kappa shape index (κ2) is 9.53. The summed E-state index contributed by atoms with van der Waals surface area (Å²) in [6.45, 7) is 9.41. The molecule has 0 spiro atoms. The first kappa shape index (κ1) is 23.7. The molecule has 186 valence electrons. The summed E-state index contributed by atoms with van der Waals surface area (Å²) in [6, 6.07) is 5.01. The number of aryl methyl sites for hydroxylation is 1. The molecule has 35 heavy (non-hydrogen) atoms. The summed E-state index contributed by atoms with van der Waals surface area (Å²) in [7, 11) is 0. The number of aromatic nitrogens is 4. The average molecular weight is 482 g/mol. The van der Waals surface area contributed by atoms with E-state index in [1.54, 1.807) is 19.1 Å².